The molecule has 1 heterocycles. The summed E-state index contributed by atoms with van der Waals surface area (Å²) < 4.78 is 4.68. The molecule has 1 aliphatic rings. The molecule has 1 atom stereocenters. The van der Waals surface area contributed by atoms with Gasteiger partial charge >= 0.3 is 6.09 Å². The molecule has 3 amide bonds. The molecular formula is C15H19N3O4. The highest BCUT2D eigenvalue weighted by molar-refractivity contribution is 5.97. The molecule has 0 spiro atoms. The summed E-state index contributed by atoms with van der Waals surface area (Å²) in [5.41, 5.74) is 1.26. The molecule has 0 aromatic heterocycles. The van der Waals surface area contributed by atoms with E-state index in [1.165, 1.54) is 18.9 Å². The predicted molar refractivity (Wildman–Crippen MR) is 81.5 cm³/mol. The predicted octanol–water partition coefficient (Wildman–Crippen LogP) is 1.81. The summed E-state index contributed by atoms with van der Waals surface area (Å²) in [6.07, 6.45) is 0.901. The molecule has 1 aliphatic heterocycles. The number of carbonyl (C=O) groups excluding carboxylic acids is 3. The van der Waals surface area contributed by atoms with Crippen LogP contribution in [-0.4, -0.2) is 42.5 Å². The van der Waals surface area contributed by atoms with E-state index < -0.39 is 12.1 Å². The van der Waals surface area contributed by atoms with Crippen molar-refractivity contribution in [2.45, 2.75) is 25.8 Å². The smallest absolute Gasteiger partial charge is 0.410 e. The summed E-state index contributed by atoms with van der Waals surface area (Å²) in [5, 5.41) is 5.42. The monoisotopic (exact) mass is 305 g/mol. The van der Waals surface area contributed by atoms with Crippen molar-refractivity contribution in [3.63, 3.8) is 0 Å². The van der Waals surface area contributed by atoms with Crippen LogP contribution in [0.4, 0.5) is 16.2 Å². The Morgan fingerprint density at radius 3 is 2.27 bits per heavy atom. The van der Waals surface area contributed by atoms with Crippen LogP contribution in [0.3, 0.4) is 0 Å². The largest absolute Gasteiger partial charge is 0.453 e. The third-order valence-corrected chi connectivity index (χ3v) is 3.44. The second kappa shape index (κ2) is 6.93. The van der Waals surface area contributed by atoms with Gasteiger partial charge in [-0.2, -0.15) is 0 Å². The number of rotatable bonds is 3. The van der Waals surface area contributed by atoms with Gasteiger partial charge in [0.2, 0.25) is 11.8 Å². The number of anilines is 2. The standard InChI is InChI=1S/C15H19N3O4/c1-10(19)16-11-5-7-12(8-6-11)17-14(20)13-4-3-9-18(13)15(21)22-2/h5-8,13H,3-4,9H2,1-2H3,(H,16,19)(H,17,20). The molecule has 0 aliphatic carbocycles. The molecule has 0 bridgehead atoms. The third kappa shape index (κ3) is 3.75. The lowest BCUT2D eigenvalue weighted by atomic mass is 10.2. The molecule has 1 saturated heterocycles. The van der Waals surface area contributed by atoms with Crippen LogP contribution in [0.15, 0.2) is 24.3 Å². The fourth-order valence-electron chi connectivity index (χ4n) is 2.44. The van der Waals surface area contributed by atoms with E-state index in [2.05, 4.69) is 15.4 Å². The van der Waals surface area contributed by atoms with Gasteiger partial charge in [0.05, 0.1) is 7.11 Å². The van der Waals surface area contributed by atoms with Crippen molar-refractivity contribution in [2.75, 3.05) is 24.3 Å². The summed E-state index contributed by atoms with van der Waals surface area (Å²) in [5.74, 6) is -0.397. The quantitative estimate of drug-likeness (QED) is 0.891. The van der Waals surface area contributed by atoms with E-state index >= 15 is 0 Å². The minimum Gasteiger partial charge on any atom is -0.453 e. The lowest BCUT2D eigenvalue weighted by Crippen LogP contribution is -2.43. The molecule has 118 valence electrons. The SMILES string of the molecule is COC(=O)N1CCCC1C(=O)Nc1ccc(NC(C)=O)cc1. The zero-order chi connectivity index (χ0) is 16.1. The zero-order valence-corrected chi connectivity index (χ0v) is 12.6. The Morgan fingerprint density at radius 1 is 1.14 bits per heavy atom. The van der Waals surface area contributed by atoms with E-state index in [1.54, 1.807) is 24.3 Å². The van der Waals surface area contributed by atoms with Crippen LogP contribution >= 0.6 is 0 Å². The Kier molecular flexibility index (Phi) is 4.98. The van der Waals surface area contributed by atoms with Crippen LogP contribution in [-0.2, 0) is 14.3 Å². The van der Waals surface area contributed by atoms with Crippen molar-refractivity contribution in [3.8, 4) is 0 Å². The van der Waals surface area contributed by atoms with Crippen LogP contribution < -0.4 is 10.6 Å². The number of nitrogens with zero attached hydrogens (tertiary/aromatic N) is 1. The molecule has 2 N–H and O–H groups in total. The highest BCUT2D eigenvalue weighted by Gasteiger charge is 2.34. The van der Waals surface area contributed by atoms with Crippen molar-refractivity contribution in [2.24, 2.45) is 0 Å². The van der Waals surface area contributed by atoms with Crippen LogP contribution in [0.25, 0.3) is 0 Å². The lowest BCUT2D eigenvalue weighted by Gasteiger charge is -2.22. The second-order valence-corrected chi connectivity index (χ2v) is 5.07. The summed E-state index contributed by atoms with van der Waals surface area (Å²) in [4.78, 5) is 36.3. The van der Waals surface area contributed by atoms with Crippen molar-refractivity contribution in [1.29, 1.82) is 0 Å². The first-order chi connectivity index (χ1) is 10.5. The minimum atomic E-state index is -0.512. The van der Waals surface area contributed by atoms with Crippen LogP contribution in [0.2, 0.25) is 0 Å². The number of benzene rings is 1. The summed E-state index contributed by atoms with van der Waals surface area (Å²) >= 11 is 0. The number of nitrogens with one attached hydrogen (secondary N) is 2. The Hall–Kier alpha value is -2.57. The molecule has 22 heavy (non-hydrogen) atoms. The van der Waals surface area contributed by atoms with Gasteiger partial charge < -0.3 is 15.4 Å². The number of amides is 3. The number of hydrogen-bond acceptors (Lipinski definition) is 4. The average Bonchev–Trinajstić information content (AvgIpc) is 2.97. The third-order valence-electron chi connectivity index (χ3n) is 3.44. The van der Waals surface area contributed by atoms with Gasteiger partial charge in [0.25, 0.3) is 0 Å². The molecule has 1 unspecified atom stereocenters. The lowest BCUT2D eigenvalue weighted by molar-refractivity contribution is -0.120. The van der Waals surface area contributed by atoms with Gasteiger partial charge in [0, 0.05) is 24.8 Å². The molecule has 7 heteroatoms. The Balaban J connectivity index is 1.99. The molecule has 1 fully saturated rings. The first-order valence-corrected chi connectivity index (χ1v) is 7.04. The molecule has 0 radical (unpaired) electrons. The highest BCUT2D eigenvalue weighted by atomic mass is 16.5. The fourth-order valence-corrected chi connectivity index (χ4v) is 2.44. The van der Waals surface area contributed by atoms with Gasteiger partial charge in [0.1, 0.15) is 6.04 Å². The number of carbonyl (C=O) groups is 3. The van der Waals surface area contributed by atoms with Gasteiger partial charge in [-0.05, 0) is 37.1 Å². The maximum absolute atomic E-state index is 12.3. The molecule has 0 saturated carbocycles. The molecular weight excluding hydrogens is 286 g/mol. The van der Waals surface area contributed by atoms with Crippen LogP contribution in [0.1, 0.15) is 19.8 Å². The van der Waals surface area contributed by atoms with Crippen molar-refractivity contribution in [1.82, 2.24) is 4.90 Å². The molecule has 2 rings (SSSR count). The maximum Gasteiger partial charge on any atom is 0.410 e. The fraction of sp³-hybridized carbons (Fsp3) is 0.400. The Morgan fingerprint density at radius 2 is 1.73 bits per heavy atom. The van der Waals surface area contributed by atoms with Gasteiger partial charge in [-0.15, -0.1) is 0 Å². The van der Waals surface area contributed by atoms with Gasteiger partial charge in [0.15, 0.2) is 0 Å². The van der Waals surface area contributed by atoms with Crippen LogP contribution in [0.5, 0.6) is 0 Å². The van der Waals surface area contributed by atoms with E-state index in [0.29, 0.717) is 24.3 Å². The maximum atomic E-state index is 12.3. The minimum absolute atomic E-state index is 0.156. The van der Waals surface area contributed by atoms with E-state index in [0.717, 1.165) is 6.42 Å². The van der Waals surface area contributed by atoms with E-state index in [4.69, 9.17) is 0 Å². The summed E-state index contributed by atoms with van der Waals surface area (Å²) in [6.45, 7) is 1.95. The summed E-state index contributed by atoms with van der Waals surface area (Å²) in [6, 6.07) is 6.27. The first-order valence-electron chi connectivity index (χ1n) is 7.04. The average molecular weight is 305 g/mol. The highest BCUT2D eigenvalue weighted by Crippen LogP contribution is 2.20. The van der Waals surface area contributed by atoms with E-state index in [1.807, 2.05) is 0 Å². The first kappa shape index (κ1) is 15.8. The molecule has 7 nitrogen and oxygen atoms in total. The normalized spacial score (nSPS) is 17.0. The van der Waals surface area contributed by atoms with Gasteiger partial charge in [-0.25, -0.2) is 4.79 Å². The van der Waals surface area contributed by atoms with Crippen molar-refractivity contribution >= 4 is 29.3 Å². The number of likely N-dealkylation sites (tertiary alicyclic amines) is 1. The summed E-state index contributed by atoms with van der Waals surface area (Å²) in [7, 11) is 1.30. The number of methoxy groups -OCH3 is 1. The number of hydrogen-bond donors (Lipinski definition) is 2. The Labute approximate surface area is 128 Å². The number of ether oxygens (including phenoxy) is 1. The van der Waals surface area contributed by atoms with Crippen molar-refractivity contribution < 1.29 is 19.1 Å². The topological polar surface area (TPSA) is 87.7 Å². The van der Waals surface area contributed by atoms with Gasteiger partial charge in [-0.3, -0.25) is 14.5 Å². The van der Waals surface area contributed by atoms with Crippen LogP contribution in [0, 0.1) is 0 Å². The van der Waals surface area contributed by atoms with E-state index in [9.17, 15) is 14.4 Å². The zero-order valence-electron chi connectivity index (χ0n) is 12.6. The molecule has 1 aromatic rings. The Bertz CT molecular complexity index is 571. The molecule has 1 aromatic carbocycles. The van der Waals surface area contributed by atoms with Crippen molar-refractivity contribution in [3.05, 3.63) is 24.3 Å². The van der Waals surface area contributed by atoms with E-state index in [-0.39, 0.29) is 11.8 Å². The second-order valence-electron chi connectivity index (χ2n) is 5.07. The van der Waals surface area contributed by atoms with Gasteiger partial charge in [-0.1, -0.05) is 0 Å².